The van der Waals surface area contributed by atoms with Crippen molar-refractivity contribution in [1.29, 1.82) is 0 Å². The van der Waals surface area contributed by atoms with Crippen LogP contribution in [0, 0.1) is 0 Å². The molecule has 0 radical (unpaired) electrons. The summed E-state index contributed by atoms with van der Waals surface area (Å²) < 4.78 is 0. The van der Waals surface area contributed by atoms with Crippen LogP contribution < -0.4 is 5.32 Å². The van der Waals surface area contributed by atoms with E-state index in [0.29, 0.717) is 18.4 Å². The third kappa shape index (κ3) is 5.30. The molecule has 110 valence electrons. The third-order valence-corrected chi connectivity index (χ3v) is 3.09. The molecule has 1 unspecified atom stereocenters. The van der Waals surface area contributed by atoms with Crippen LogP contribution >= 0.6 is 0 Å². The number of carbonyl (C=O) groups is 2. The number of phenols is 1. The fourth-order valence-corrected chi connectivity index (χ4v) is 1.90. The van der Waals surface area contributed by atoms with Crippen LogP contribution in [-0.4, -0.2) is 28.1 Å². The second kappa shape index (κ2) is 8.19. The first-order valence-electron chi connectivity index (χ1n) is 6.83. The Labute approximate surface area is 118 Å². The summed E-state index contributed by atoms with van der Waals surface area (Å²) in [5.74, 6) is -1.16. The van der Waals surface area contributed by atoms with E-state index in [-0.39, 0.29) is 18.1 Å². The first kappa shape index (κ1) is 16.0. The second-order valence-corrected chi connectivity index (χ2v) is 4.73. The fourth-order valence-electron chi connectivity index (χ4n) is 1.90. The van der Waals surface area contributed by atoms with Gasteiger partial charge in [0, 0.05) is 6.42 Å². The number of amides is 1. The molecule has 0 aliphatic rings. The number of aryl methyl sites for hydroxylation is 1. The molecule has 0 spiro atoms. The number of carbonyl (C=O) groups excluding carboxylic acids is 1. The van der Waals surface area contributed by atoms with Crippen molar-refractivity contribution in [2.24, 2.45) is 0 Å². The van der Waals surface area contributed by atoms with Crippen molar-refractivity contribution in [2.75, 3.05) is 0 Å². The number of nitrogens with one attached hydrogen (secondary N) is 1. The minimum Gasteiger partial charge on any atom is -0.508 e. The molecule has 0 saturated carbocycles. The molecule has 0 saturated heterocycles. The van der Waals surface area contributed by atoms with Gasteiger partial charge in [0.05, 0.1) is 0 Å². The van der Waals surface area contributed by atoms with E-state index in [2.05, 4.69) is 5.32 Å². The molecular weight excluding hydrogens is 258 g/mol. The van der Waals surface area contributed by atoms with Gasteiger partial charge in [0.1, 0.15) is 11.8 Å². The number of benzene rings is 1. The van der Waals surface area contributed by atoms with Gasteiger partial charge >= 0.3 is 5.97 Å². The second-order valence-electron chi connectivity index (χ2n) is 4.73. The van der Waals surface area contributed by atoms with Gasteiger partial charge in [-0.2, -0.15) is 0 Å². The Balaban J connectivity index is 2.46. The average Bonchev–Trinajstić information content (AvgIpc) is 2.42. The molecule has 1 amide bonds. The van der Waals surface area contributed by atoms with Crippen molar-refractivity contribution in [1.82, 2.24) is 5.32 Å². The molecule has 20 heavy (non-hydrogen) atoms. The molecule has 1 rings (SSSR count). The molecule has 0 aliphatic heterocycles. The molecule has 5 nitrogen and oxygen atoms in total. The monoisotopic (exact) mass is 279 g/mol. The van der Waals surface area contributed by atoms with Crippen LogP contribution in [0.1, 0.15) is 38.2 Å². The summed E-state index contributed by atoms with van der Waals surface area (Å²) in [6.07, 6.45) is 2.63. The van der Waals surface area contributed by atoms with Gasteiger partial charge in [0.2, 0.25) is 5.91 Å². The van der Waals surface area contributed by atoms with Gasteiger partial charge in [0.15, 0.2) is 0 Å². The van der Waals surface area contributed by atoms with E-state index >= 15 is 0 Å². The zero-order chi connectivity index (χ0) is 15.0. The quantitative estimate of drug-likeness (QED) is 0.680. The highest BCUT2D eigenvalue weighted by Crippen LogP contribution is 2.17. The summed E-state index contributed by atoms with van der Waals surface area (Å²) in [6.45, 7) is 1.97. The Bertz CT molecular complexity index is 459. The van der Waals surface area contributed by atoms with Crippen LogP contribution in [0.3, 0.4) is 0 Å². The van der Waals surface area contributed by atoms with Crippen molar-refractivity contribution in [3.8, 4) is 5.75 Å². The number of carboxylic acid groups (broad SMARTS) is 1. The topological polar surface area (TPSA) is 86.6 Å². The van der Waals surface area contributed by atoms with Crippen molar-refractivity contribution in [2.45, 2.75) is 45.1 Å². The van der Waals surface area contributed by atoms with Crippen LogP contribution in [0.4, 0.5) is 0 Å². The maximum Gasteiger partial charge on any atom is 0.326 e. The van der Waals surface area contributed by atoms with Gasteiger partial charge in [-0.3, -0.25) is 4.79 Å². The predicted molar refractivity (Wildman–Crippen MR) is 75.5 cm³/mol. The molecule has 0 aromatic heterocycles. The normalized spacial score (nSPS) is 11.8. The Morgan fingerprint density at radius 3 is 2.60 bits per heavy atom. The lowest BCUT2D eigenvalue weighted by atomic mass is 10.1. The Morgan fingerprint density at radius 1 is 1.30 bits per heavy atom. The summed E-state index contributed by atoms with van der Waals surface area (Å²) in [6, 6.07) is 5.98. The molecule has 1 aromatic rings. The standard InChI is InChI=1S/C15H21NO4/c1-2-3-7-12(15(19)20)16-14(18)10-9-11-6-4-5-8-13(11)17/h4-6,8,12,17H,2-3,7,9-10H2,1H3,(H,16,18)(H,19,20). The number of aliphatic carboxylic acids is 1. The SMILES string of the molecule is CCCCC(NC(=O)CCc1ccccc1O)C(=O)O. The van der Waals surface area contributed by atoms with Crippen molar-refractivity contribution in [3.05, 3.63) is 29.8 Å². The largest absolute Gasteiger partial charge is 0.508 e. The summed E-state index contributed by atoms with van der Waals surface area (Å²) in [7, 11) is 0. The Morgan fingerprint density at radius 2 is 2.00 bits per heavy atom. The van der Waals surface area contributed by atoms with Gasteiger partial charge in [0.25, 0.3) is 0 Å². The summed E-state index contributed by atoms with van der Waals surface area (Å²) >= 11 is 0. The number of aromatic hydroxyl groups is 1. The number of carboxylic acids is 1. The Hall–Kier alpha value is -2.04. The minimum atomic E-state index is -1.01. The summed E-state index contributed by atoms with van der Waals surface area (Å²) in [5.41, 5.74) is 0.683. The van der Waals surface area contributed by atoms with E-state index < -0.39 is 12.0 Å². The van der Waals surface area contributed by atoms with Gasteiger partial charge in [-0.05, 0) is 24.5 Å². The predicted octanol–water partition coefficient (Wildman–Crippen LogP) is 2.08. The first-order chi connectivity index (χ1) is 9.54. The Kier molecular flexibility index (Phi) is 6.56. The van der Waals surface area contributed by atoms with E-state index in [0.717, 1.165) is 12.8 Å². The number of para-hydroxylation sites is 1. The summed E-state index contributed by atoms with van der Waals surface area (Å²) in [4.78, 5) is 22.8. The van der Waals surface area contributed by atoms with Crippen molar-refractivity contribution in [3.63, 3.8) is 0 Å². The molecular formula is C15H21NO4. The van der Waals surface area contributed by atoms with Crippen LogP contribution in [0.15, 0.2) is 24.3 Å². The molecule has 0 aliphatic carbocycles. The lowest BCUT2D eigenvalue weighted by Gasteiger charge is -2.14. The van der Waals surface area contributed by atoms with Gasteiger partial charge in [-0.25, -0.2) is 4.79 Å². The van der Waals surface area contributed by atoms with Gasteiger partial charge < -0.3 is 15.5 Å². The smallest absolute Gasteiger partial charge is 0.326 e. The highest BCUT2D eigenvalue weighted by molar-refractivity contribution is 5.83. The van der Waals surface area contributed by atoms with E-state index in [4.69, 9.17) is 5.11 Å². The van der Waals surface area contributed by atoms with E-state index in [1.165, 1.54) is 0 Å². The lowest BCUT2D eigenvalue weighted by molar-refractivity contribution is -0.142. The maximum absolute atomic E-state index is 11.7. The highest BCUT2D eigenvalue weighted by atomic mass is 16.4. The lowest BCUT2D eigenvalue weighted by Crippen LogP contribution is -2.40. The molecule has 0 fully saturated rings. The van der Waals surface area contributed by atoms with Crippen molar-refractivity contribution >= 4 is 11.9 Å². The van der Waals surface area contributed by atoms with Crippen LogP contribution in [-0.2, 0) is 16.0 Å². The number of unbranched alkanes of at least 4 members (excludes halogenated alkanes) is 1. The van der Waals surface area contributed by atoms with Crippen LogP contribution in [0.5, 0.6) is 5.75 Å². The van der Waals surface area contributed by atoms with E-state index in [1.807, 2.05) is 6.92 Å². The van der Waals surface area contributed by atoms with Crippen molar-refractivity contribution < 1.29 is 19.8 Å². The van der Waals surface area contributed by atoms with Crippen LogP contribution in [0.25, 0.3) is 0 Å². The molecule has 5 heteroatoms. The summed E-state index contributed by atoms with van der Waals surface area (Å²) in [5, 5.41) is 21.1. The number of hydrogen-bond acceptors (Lipinski definition) is 3. The number of hydrogen-bond donors (Lipinski definition) is 3. The number of phenolic OH excluding ortho intramolecular Hbond substituents is 1. The maximum atomic E-state index is 11.7. The van der Waals surface area contributed by atoms with Crippen LogP contribution in [0.2, 0.25) is 0 Å². The molecule has 1 atom stereocenters. The minimum absolute atomic E-state index is 0.154. The fraction of sp³-hybridized carbons (Fsp3) is 0.467. The van der Waals surface area contributed by atoms with E-state index in [9.17, 15) is 14.7 Å². The molecule has 0 heterocycles. The molecule has 1 aromatic carbocycles. The zero-order valence-corrected chi connectivity index (χ0v) is 11.6. The van der Waals surface area contributed by atoms with Gasteiger partial charge in [-0.15, -0.1) is 0 Å². The number of rotatable bonds is 8. The molecule has 0 bridgehead atoms. The van der Waals surface area contributed by atoms with Gasteiger partial charge in [-0.1, -0.05) is 38.0 Å². The third-order valence-electron chi connectivity index (χ3n) is 3.09. The van der Waals surface area contributed by atoms with E-state index in [1.54, 1.807) is 24.3 Å². The zero-order valence-electron chi connectivity index (χ0n) is 11.6. The average molecular weight is 279 g/mol. The first-order valence-corrected chi connectivity index (χ1v) is 6.83. The highest BCUT2D eigenvalue weighted by Gasteiger charge is 2.19. The molecule has 3 N–H and O–H groups in total.